The molecule has 2 rings (SSSR count). The van der Waals surface area contributed by atoms with Crippen molar-refractivity contribution in [3.8, 4) is 0 Å². The number of nitrogens with zero attached hydrogens (tertiary/aromatic N) is 2. The van der Waals surface area contributed by atoms with Gasteiger partial charge in [0.15, 0.2) is 0 Å². The van der Waals surface area contributed by atoms with Gasteiger partial charge in [-0.25, -0.2) is 0 Å². The molecule has 1 aromatic rings. The van der Waals surface area contributed by atoms with Crippen LogP contribution in [0, 0.1) is 20.2 Å². The van der Waals surface area contributed by atoms with Crippen LogP contribution in [-0.2, 0) is 10.8 Å². The minimum absolute atomic E-state index is 0.204. The molecule has 1 aliphatic rings. The molecule has 0 bridgehead atoms. The third-order valence-electron chi connectivity index (χ3n) is 4.32. The van der Waals surface area contributed by atoms with Gasteiger partial charge < -0.3 is 0 Å². The summed E-state index contributed by atoms with van der Waals surface area (Å²) in [5.41, 5.74) is -0.0203. The van der Waals surface area contributed by atoms with Crippen molar-refractivity contribution in [2.45, 2.75) is 51.4 Å². The Balaban J connectivity index is 2.89. The lowest BCUT2D eigenvalue weighted by Crippen LogP contribution is -2.34. The summed E-state index contributed by atoms with van der Waals surface area (Å²) in [5, 5.41) is 22.5. The molecule has 0 saturated carbocycles. The fraction of sp³-hybridized carbons (Fsp3) is 0.571. The normalized spacial score (nSPS) is 19.2. The number of rotatable bonds is 2. The zero-order valence-corrected chi connectivity index (χ0v) is 12.1. The molecule has 0 saturated heterocycles. The Kier molecular flexibility index (Phi) is 3.07. The van der Waals surface area contributed by atoms with E-state index in [1.54, 1.807) is 6.07 Å². The Morgan fingerprint density at radius 1 is 0.950 bits per heavy atom. The van der Waals surface area contributed by atoms with Crippen molar-refractivity contribution in [1.82, 2.24) is 0 Å². The third kappa shape index (κ3) is 2.05. The Morgan fingerprint density at radius 2 is 1.50 bits per heavy atom. The minimum atomic E-state index is -0.671. The lowest BCUT2D eigenvalue weighted by Gasteiger charge is -2.40. The van der Waals surface area contributed by atoms with Crippen LogP contribution in [0.25, 0.3) is 0 Å². The van der Waals surface area contributed by atoms with E-state index in [-0.39, 0.29) is 11.1 Å². The highest BCUT2D eigenvalue weighted by Gasteiger charge is 2.45. The zero-order valence-electron chi connectivity index (χ0n) is 12.1. The predicted octanol–water partition coefficient (Wildman–Crippen LogP) is 3.85. The first-order valence-corrected chi connectivity index (χ1v) is 6.55. The predicted molar refractivity (Wildman–Crippen MR) is 75.0 cm³/mol. The van der Waals surface area contributed by atoms with E-state index in [1.165, 1.54) is 6.07 Å². The fourth-order valence-electron chi connectivity index (χ4n) is 3.05. The van der Waals surface area contributed by atoms with Crippen LogP contribution in [0.15, 0.2) is 12.1 Å². The van der Waals surface area contributed by atoms with Gasteiger partial charge in [0.05, 0.1) is 9.85 Å². The average Bonchev–Trinajstić information content (AvgIpc) is 2.33. The smallest absolute Gasteiger partial charge is 0.258 e. The number of fused-ring (bicyclic) bond motifs is 1. The number of hydrogen-bond donors (Lipinski definition) is 0. The van der Waals surface area contributed by atoms with Gasteiger partial charge in [0.2, 0.25) is 0 Å². The Bertz CT molecular complexity index is 605. The highest BCUT2D eigenvalue weighted by Crippen LogP contribution is 2.51. The molecule has 0 N–H and O–H groups in total. The Labute approximate surface area is 117 Å². The second kappa shape index (κ2) is 4.26. The molecule has 1 aromatic carbocycles. The summed E-state index contributed by atoms with van der Waals surface area (Å²) in [7, 11) is 0. The highest BCUT2D eigenvalue weighted by atomic mass is 16.6. The molecule has 6 nitrogen and oxygen atoms in total. The highest BCUT2D eigenvalue weighted by molar-refractivity contribution is 5.65. The summed E-state index contributed by atoms with van der Waals surface area (Å²) in [4.78, 5) is 21.2. The topological polar surface area (TPSA) is 86.3 Å². The van der Waals surface area contributed by atoms with E-state index in [4.69, 9.17) is 0 Å². The molecule has 0 atom stereocenters. The van der Waals surface area contributed by atoms with Gasteiger partial charge in [-0.2, -0.15) is 0 Å². The van der Waals surface area contributed by atoms with E-state index < -0.39 is 20.9 Å². The van der Waals surface area contributed by atoms with Gasteiger partial charge in [0, 0.05) is 11.6 Å². The van der Waals surface area contributed by atoms with Crippen molar-refractivity contribution in [3.63, 3.8) is 0 Å². The van der Waals surface area contributed by atoms with Crippen LogP contribution in [0.1, 0.15) is 51.7 Å². The zero-order chi connectivity index (χ0) is 15.3. The van der Waals surface area contributed by atoms with E-state index >= 15 is 0 Å². The van der Waals surface area contributed by atoms with E-state index in [9.17, 15) is 20.2 Å². The monoisotopic (exact) mass is 278 g/mol. The quantitative estimate of drug-likeness (QED) is 0.607. The second-order valence-electron chi connectivity index (χ2n) is 6.64. The van der Waals surface area contributed by atoms with Crippen LogP contribution in [-0.4, -0.2) is 9.85 Å². The lowest BCUT2D eigenvalue weighted by atomic mass is 9.62. The SMILES string of the molecule is CC1(C)CCC(C)(C)c2c1ccc([N+](=O)[O-])c2[N+](=O)[O-]. The maximum atomic E-state index is 11.4. The van der Waals surface area contributed by atoms with Crippen molar-refractivity contribution in [1.29, 1.82) is 0 Å². The van der Waals surface area contributed by atoms with Gasteiger partial charge in [-0.15, -0.1) is 0 Å². The first-order valence-electron chi connectivity index (χ1n) is 6.55. The van der Waals surface area contributed by atoms with Crippen molar-refractivity contribution in [2.75, 3.05) is 0 Å². The summed E-state index contributed by atoms with van der Waals surface area (Å²) in [6, 6.07) is 2.95. The van der Waals surface area contributed by atoms with Gasteiger partial charge >= 0.3 is 11.4 Å². The molecule has 0 aromatic heterocycles. The van der Waals surface area contributed by atoms with Crippen LogP contribution >= 0.6 is 0 Å². The summed E-state index contributed by atoms with van der Waals surface area (Å²) in [6.07, 6.45) is 1.68. The molecule has 0 heterocycles. The summed E-state index contributed by atoms with van der Waals surface area (Å²) in [5.74, 6) is 0. The number of nitro benzene ring substituents is 2. The van der Waals surface area contributed by atoms with E-state index in [1.807, 2.05) is 27.7 Å². The lowest BCUT2D eigenvalue weighted by molar-refractivity contribution is -0.423. The van der Waals surface area contributed by atoms with Crippen LogP contribution in [0.5, 0.6) is 0 Å². The Morgan fingerprint density at radius 3 is 2.00 bits per heavy atom. The molecule has 108 valence electrons. The number of hydrogen-bond acceptors (Lipinski definition) is 4. The minimum Gasteiger partial charge on any atom is -0.258 e. The molecule has 6 heteroatoms. The van der Waals surface area contributed by atoms with E-state index in [2.05, 4.69) is 0 Å². The standard InChI is InChI=1S/C14H18N2O4/c1-13(2)7-8-14(3,4)11-9(13)5-6-10(15(17)18)12(11)16(19)20/h5-6H,7-8H2,1-4H3. The van der Waals surface area contributed by atoms with Crippen molar-refractivity contribution in [2.24, 2.45) is 0 Å². The van der Waals surface area contributed by atoms with Gasteiger partial charge in [0.1, 0.15) is 0 Å². The molecule has 0 unspecified atom stereocenters. The molecule has 0 spiro atoms. The molecule has 0 amide bonds. The largest absolute Gasteiger partial charge is 0.350 e. The molecular formula is C14H18N2O4. The summed E-state index contributed by atoms with van der Waals surface area (Å²) in [6.45, 7) is 7.88. The summed E-state index contributed by atoms with van der Waals surface area (Å²) < 4.78 is 0. The van der Waals surface area contributed by atoms with Gasteiger partial charge in [-0.3, -0.25) is 20.2 Å². The molecule has 0 aliphatic heterocycles. The van der Waals surface area contributed by atoms with Crippen LogP contribution in [0.2, 0.25) is 0 Å². The fourth-order valence-corrected chi connectivity index (χ4v) is 3.05. The first-order chi connectivity index (χ1) is 9.08. The van der Waals surface area contributed by atoms with Crippen LogP contribution < -0.4 is 0 Å². The van der Waals surface area contributed by atoms with Crippen molar-refractivity contribution in [3.05, 3.63) is 43.5 Å². The number of benzene rings is 1. The molecule has 1 aliphatic carbocycles. The van der Waals surface area contributed by atoms with Crippen LogP contribution in [0.3, 0.4) is 0 Å². The summed E-state index contributed by atoms with van der Waals surface area (Å²) >= 11 is 0. The molecule has 20 heavy (non-hydrogen) atoms. The third-order valence-corrected chi connectivity index (χ3v) is 4.32. The van der Waals surface area contributed by atoms with E-state index in [0.29, 0.717) is 5.56 Å². The second-order valence-corrected chi connectivity index (χ2v) is 6.64. The van der Waals surface area contributed by atoms with Crippen LogP contribution in [0.4, 0.5) is 11.4 Å². The van der Waals surface area contributed by atoms with Gasteiger partial charge in [-0.1, -0.05) is 33.8 Å². The average molecular weight is 278 g/mol. The maximum absolute atomic E-state index is 11.4. The van der Waals surface area contributed by atoms with Gasteiger partial charge in [0.25, 0.3) is 0 Å². The molecular weight excluding hydrogens is 260 g/mol. The van der Waals surface area contributed by atoms with E-state index in [0.717, 1.165) is 18.4 Å². The van der Waals surface area contributed by atoms with Gasteiger partial charge in [-0.05, 0) is 29.2 Å². The number of nitro groups is 2. The first kappa shape index (κ1) is 14.4. The maximum Gasteiger partial charge on any atom is 0.350 e. The van der Waals surface area contributed by atoms with Crippen molar-refractivity contribution >= 4 is 11.4 Å². The molecule has 0 fully saturated rings. The molecule has 0 radical (unpaired) electrons. The Hall–Kier alpha value is -1.98. The van der Waals surface area contributed by atoms with Crippen molar-refractivity contribution < 1.29 is 9.85 Å².